The van der Waals surface area contributed by atoms with Crippen LogP contribution >= 0.6 is 0 Å². The summed E-state index contributed by atoms with van der Waals surface area (Å²) >= 11 is 0. The molecule has 0 bridgehead atoms. The van der Waals surface area contributed by atoms with Gasteiger partial charge in [0.1, 0.15) is 0 Å². The minimum Gasteiger partial charge on any atom is -0.467 e. The lowest BCUT2D eigenvalue weighted by Crippen LogP contribution is -2.19. The molecule has 0 saturated heterocycles. The van der Waals surface area contributed by atoms with Crippen molar-refractivity contribution in [3.63, 3.8) is 0 Å². The van der Waals surface area contributed by atoms with Crippen LogP contribution in [0.1, 0.15) is 0 Å². The van der Waals surface area contributed by atoms with E-state index in [-0.39, 0.29) is 6.01 Å². The average Bonchev–Trinajstić information content (AvgIpc) is 2.05. The summed E-state index contributed by atoms with van der Waals surface area (Å²) in [5.41, 5.74) is 5.29. The smallest absolute Gasteiger partial charge is 0.316 e. The fourth-order valence-electron chi connectivity index (χ4n) is 0.628. The maximum atomic E-state index is 10.3. The fraction of sp³-hybridized carbons (Fsp3) is 0.167. The van der Waals surface area contributed by atoms with E-state index in [1.807, 2.05) is 0 Å². The van der Waals surface area contributed by atoms with Crippen molar-refractivity contribution in [3.8, 4) is 6.01 Å². The van der Waals surface area contributed by atoms with Gasteiger partial charge in [0.2, 0.25) is 0 Å². The highest BCUT2D eigenvalue weighted by molar-refractivity contribution is 5.87. The van der Waals surface area contributed by atoms with E-state index in [2.05, 4.69) is 15.3 Å². The fourth-order valence-corrected chi connectivity index (χ4v) is 0.628. The van der Waals surface area contributed by atoms with Gasteiger partial charge in [-0.1, -0.05) is 0 Å². The van der Waals surface area contributed by atoms with Crippen molar-refractivity contribution in [2.45, 2.75) is 0 Å². The molecule has 0 aliphatic carbocycles. The van der Waals surface area contributed by atoms with Crippen LogP contribution in [0.15, 0.2) is 12.4 Å². The molecule has 2 amide bonds. The van der Waals surface area contributed by atoms with Crippen molar-refractivity contribution in [1.29, 1.82) is 0 Å². The van der Waals surface area contributed by atoms with E-state index < -0.39 is 6.03 Å². The molecule has 0 aromatic carbocycles. The zero-order valence-corrected chi connectivity index (χ0v) is 6.44. The molecule has 6 nitrogen and oxygen atoms in total. The van der Waals surface area contributed by atoms with E-state index in [0.717, 1.165) is 0 Å². The first-order chi connectivity index (χ1) is 5.72. The average molecular weight is 168 g/mol. The molecule has 0 atom stereocenters. The zero-order valence-electron chi connectivity index (χ0n) is 6.44. The molecule has 12 heavy (non-hydrogen) atoms. The number of carbonyl (C=O) groups is 1. The van der Waals surface area contributed by atoms with Gasteiger partial charge in [-0.05, 0) is 0 Å². The zero-order chi connectivity index (χ0) is 8.97. The quantitative estimate of drug-likeness (QED) is 0.649. The molecular weight excluding hydrogens is 160 g/mol. The SMILES string of the molecule is COc1ncc(NC(N)=O)cn1. The van der Waals surface area contributed by atoms with E-state index in [9.17, 15) is 4.79 Å². The Kier molecular flexibility index (Phi) is 2.42. The van der Waals surface area contributed by atoms with Crippen LogP contribution in [0.5, 0.6) is 6.01 Å². The number of rotatable bonds is 2. The molecule has 3 N–H and O–H groups in total. The maximum absolute atomic E-state index is 10.3. The van der Waals surface area contributed by atoms with Gasteiger partial charge in [-0.3, -0.25) is 0 Å². The molecule has 0 saturated carbocycles. The number of aromatic nitrogens is 2. The minimum atomic E-state index is -0.649. The summed E-state index contributed by atoms with van der Waals surface area (Å²) in [5, 5.41) is 2.31. The number of methoxy groups -OCH3 is 1. The molecule has 0 aliphatic rings. The third-order valence-electron chi connectivity index (χ3n) is 1.08. The second-order valence-electron chi connectivity index (χ2n) is 1.95. The van der Waals surface area contributed by atoms with Crippen molar-refractivity contribution in [1.82, 2.24) is 9.97 Å². The minimum absolute atomic E-state index is 0.241. The predicted molar refractivity (Wildman–Crippen MR) is 41.8 cm³/mol. The molecule has 0 fully saturated rings. The topological polar surface area (TPSA) is 90.1 Å². The Morgan fingerprint density at radius 2 is 2.17 bits per heavy atom. The number of nitrogens with two attached hydrogens (primary N) is 1. The summed E-state index contributed by atoms with van der Waals surface area (Å²) in [7, 11) is 1.45. The Balaban J connectivity index is 2.71. The number of ether oxygens (including phenoxy) is 1. The molecule has 1 aromatic rings. The van der Waals surface area contributed by atoms with Crippen LogP contribution < -0.4 is 15.8 Å². The van der Waals surface area contributed by atoms with Gasteiger partial charge in [-0.15, -0.1) is 0 Å². The highest BCUT2D eigenvalue weighted by Gasteiger charge is 1.97. The van der Waals surface area contributed by atoms with Crippen molar-refractivity contribution in [2.24, 2.45) is 5.73 Å². The Morgan fingerprint density at radius 3 is 2.58 bits per heavy atom. The Hall–Kier alpha value is -1.85. The summed E-state index contributed by atoms with van der Waals surface area (Å²) in [4.78, 5) is 17.8. The van der Waals surface area contributed by atoms with Gasteiger partial charge in [-0.25, -0.2) is 14.8 Å². The molecule has 0 radical (unpaired) electrons. The Labute approximate surface area is 68.8 Å². The second kappa shape index (κ2) is 3.51. The monoisotopic (exact) mass is 168 g/mol. The van der Waals surface area contributed by atoms with Gasteiger partial charge < -0.3 is 15.8 Å². The number of primary amides is 1. The molecule has 0 spiro atoms. The first-order valence-corrected chi connectivity index (χ1v) is 3.15. The third kappa shape index (κ3) is 2.08. The Bertz CT molecular complexity index is 271. The largest absolute Gasteiger partial charge is 0.467 e. The summed E-state index contributed by atoms with van der Waals surface area (Å²) in [5.74, 6) is 0. The summed E-state index contributed by atoms with van der Waals surface area (Å²) < 4.78 is 4.71. The van der Waals surface area contributed by atoms with E-state index in [4.69, 9.17) is 10.5 Å². The lowest BCUT2D eigenvalue weighted by molar-refractivity contribution is 0.259. The number of anilines is 1. The summed E-state index contributed by atoms with van der Waals surface area (Å²) in [6, 6.07) is -0.409. The van der Waals surface area contributed by atoms with Gasteiger partial charge in [0.25, 0.3) is 0 Å². The van der Waals surface area contributed by atoms with Crippen LogP contribution in [0.25, 0.3) is 0 Å². The van der Waals surface area contributed by atoms with Crippen molar-refractivity contribution < 1.29 is 9.53 Å². The molecule has 6 heteroatoms. The summed E-state index contributed by atoms with van der Waals surface area (Å²) in [6.45, 7) is 0. The van der Waals surface area contributed by atoms with Crippen LogP contribution in [0.4, 0.5) is 10.5 Å². The first-order valence-electron chi connectivity index (χ1n) is 3.15. The molecule has 1 rings (SSSR count). The summed E-state index contributed by atoms with van der Waals surface area (Å²) in [6.07, 6.45) is 2.80. The first kappa shape index (κ1) is 8.25. The van der Waals surface area contributed by atoms with Crippen LogP contribution in [-0.4, -0.2) is 23.1 Å². The Morgan fingerprint density at radius 1 is 1.58 bits per heavy atom. The molecule has 0 aliphatic heterocycles. The van der Waals surface area contributed by atoms with Crippen molar-refractivity contribution in [3.05, 3.63) is 12.4 Å². The highest BCUT2D eigenvalue weighted by Crippen LogP contribution is 2.05. The second-order valence-corrected chi connectivity index (χ2v) is 1.95. The number of nitrogens with zero attached hydrogens (tertiary/aromatic N) is 2. The van der Waals surface area contributed by atoms with Crippen LogP contribution in [0.2, 0.25) is 0 Å². The molecule has 1 heterocycles. The molecule has 1 aromatic heterocycles. The lowest BCUT2D eigenvalue weighted by atomic mass is 10.5. The van der Waals surface area contributed by atoms with Gasteiger partial charge in [0.05, 0.1) is 25.2 Å². The van der Waals surface area contributed by atoms with E-state index >= 15 is 0 Å². The normalized spacial score (nSPS) is 9.08. The molecule has 64 valence electrons. The molecule has 0 unspecified atom stereocenters. The number of hydrogen-bond donors (Lipinski definition) is 2. The van der Waals surface area contributed by atoms with E-state index in [1.54, 1.807) is 0 Å². The van der Waals surface area contributed by atoms with Gasteiger partial charge >= 0.3 is 12.0 Å². The van der Waals surface area contributed by atoms with Crippen LogP contribution in [0, 0.1) is 0 Å². The van der Waals surface area contributed by atoms with Crippen LogP contribution in [0.3, 0.4) is 0 Å². The third-order valence-corrected chi connectivity index (χ3v) is 1.08. The number of carbonyl (C=O) groups excluding carboxylic acids is 1. The highest BCUT2D eigenvalue weighted by atomic mass is 16.5. The van der Waals surface area contributed by atoms with Gasteiger partial charge in [0, 0.05) is 0 Å². The maximum Gasteiger partial charge on any atom is 0.316 e. The number of amides is 2. The van der Waals surface area contributed by atoms with E-state index in [1.165, 1.54) is 19.5 Å². The number of nitrogens with one attached hydrogen (secondary N) is 1. The van der Waals surface area contributed by atoms with Gasteiger partial charge in [-0.2, -0.15) is 0 Å². The predicted octanol–water partition coefficient (Wildman–Crippen LogP) is -0.0242. The molecular formula is C6H8N4O2. The standard InChI is InChI=1S/C6H8N4O2/c1-12-6-8-2-4(3-9-6)10-5(7)11/h2-3H,1H3,(H3,7,10,11). The lowest BCUT2D eigenvalue weighted by Gasteiger charge is -2.00. The van der Waals surface area contributed by atoms with Crippen LogP contribution in [-0.2, 0) is 0 Å². The van der Waals surface area contributed by atoms with E-state index in [0.29, 0.717) is 5.69 Å². The van der Waals surface area contributed by atoms with Crippen molar-refractivity contribution >= 4 is 11.7 Å². The van der Waals surface area contributed by atoms with Crippen molar-refractivity contribution in [2.75, 3.05) is 12.4 Å². The number of hydrogen-bond acceptors (Lipinski definition) is 4. The van der Waals surface area contributed by atoms with Gasteiger partial charge in [0.15, 0.2) is 0 Å². The number of urea groups is 1.